The van der Waals surface area contributed by atoms with Crippen LogP contribution in [0.1, 0.15) is 30.9 Å². The van der Waals surface area contributed by atoms with Crippen LogP contribution in [0.2, 0.25) is 0 Å². The van der Waals surface area contributed by atoms with E-state index in [0.717, 1.165) is 12.5 Å². The summed E-state index contributed by atoms with van der Waals surface area (Å²) in [6.07, 6.45) is 4.97. The van der Waals surface area contributed by atoms with Crippen molar-refractivity contribution in [1.82, 2.24) is 9.80 Å². The molecule has 2 aliphatic rings. The Morgan fingerprint density at radius 2 is 1.41 bits per heavy atom. The number of benzene rings is 2. The minimum Gasteiger partial charge on any atom is -0.369 e. The van der Waals surface area contributed by atoms with Crippen molar-refractivity contribution >= 4 is 18.1 Å². The quantitative estimate of drug-likeness (QED) is 0.690. The van der Waals surface area contributed by atoms with E-state index in [4.69, 9.17) is 0 Å². The largest absolute Gasteiger partial charge is 0.369 e. The second kappa shape index (κ2) is 11.0. The zero-order valence-electron chi connectivity index (χ0n) is 17.8. The highest BCUT2D eigenvalue weighted by molar-refractivity contribution is 5.85. The zero-order valence-corrected chi connectivity index (χ0v) is 18.6. The lowest BCUT2D eigenvalue weighted by atomic mass is 10.0. The van der Waals surface area contributed by atoms with E-state index in [2.05, 4.69) is 76.2 Å². The number of hydrogen-bond donors (Lipinski definition) is 0. The van der Waals surface area contributed by atoms with Crippen LogP contribution < -0.4 is 4.90 Å². The number of piperidine rings is 1. The molecule has 158 valence electrons. The predicted molar refractivity (Wildman–Crippen MR) is 126 cm³/mol. The molecule has 2 aromatic rings. The molecule has 29 heavy (non-hydrogen) atoms. The molecule has 2 aromatic carbocycles. The smallest absolute Gasteiger partial charge is 0.0367 e. The highest BCUT2D eigenvalue weighted by atomic mass is 35.5. The number of anilines is 1. The first-order valence-corrected chi connectivity index (χ1v) is 11.2. The van der Waals surface area contributed by atoms with Crippen LogP contribution in [0, 0.1) is 0 Å². The zero-order chi connectivity index (χ0) is 19.2. The first-order valence-electron chi connectivity index (χ1n) is 11.2. The molecule has 2 aliphatic heterocycles. The van der Waals surface area contributed by atoms with Gasteiger partial charge in [-0.15, -0.1) is 12.4 Å². The fourth-order valence-electron chi connectivity index (χ4n) is 4.73. The van der Waals surface area contributed by atoms with E-state index in [0.29, 0.717) is 0 Å². The molecule has 0 bridgehead atoms. The standard InChI is InChI=1S/C25H35N3.ClH/c1-2-22-8-10-24(11-9-22)27-18-20-28(21-19-27)25-13-16-26(17-14-25)15-12-23-6-4-3-5-7-23;/h3-11,25H,2,12-21H2,1H3;1H. The third-order valence-corrected chi connectivity index (χ3v) is 6.66. The Morgan fingerprint density at radius 1 is 0.759 bits per heavy atom. The van der Waals surface area contributed by atoms with Gasteiger partial charge >= 0.3 is 0 Å². The molecule has 3 nitrogen and oxygen atoms in total. The molecule has 0 N–H and O–H groups in total. The van der Waals surface area contributed by atoms with Gasteiger partial charge < -0.3 is 9.80 Å². The summed E-state index contributed by atoms with van der Waals surface area (Å²) in [4.78, 5) is 7.98. The van der Waals surface area contributed by atoms with Gasteiger partial charge in [0.1, 0.15) is 0 Å². The summed E-state index contributed by atoms with van der Waals surface area (Å²) in [5, 5.41) is 0. The predicted octanol–water partition coefficient (Wildman–Crippen LogP) is 4.50. The van der Waals surface area contributed by atoms with Gasteiger partial charge in [-0.2, -0.15) is 0 Å². The molecule has 4 heteroatoms. The molecule has 0 radical (unpaired) electrons. The molecule has 0 unspecified atom stereocenters. The van der Waals surface area contributed by atoms with Crippen LogP contribution in [0.15, 0.2) is 54.6 Å². The van der Waals surface area contributed by atoms with Crippen LogP contribution in [-0.2, 0) is 12.8 Å². The van der Waals surface area contributed by atoms with E-state index in [-0.39, 0.29) is 12.4 Å². The van der Waals surface area contributed by atoms with Gasteiger partial charge in [0.25, 0.3) is 0 Å². The normalized spacial score (nSPS) is 19.1. The Kier molecular flexibility index (Phi) is 8.40. The molecule has 0 atom stereocenters. The summed E-state index contributed by atoms with van der Waals surface area (Å²) >= 11 is 0. The minimum atomic E-state index is 0. The van der Waals surface area contributed by atoms with Crippen LogP contribution in [0.5, 0.6) is 0 Å². The third kappa shape index (κ3) is 5.97. The van der Waals surface area contributed by atoms with E-state index < -0.39 is 0 Å². The first-order chi connectivity index (χ1) is 13.8. The van der Waals surface area contributed by atoms with Gasteiger partial charge in [0.15, 0.2) is 0 Å². The van der Waals surface area contributed by atoms with Crippen LogP contribution in [-0.4, -0.2) is 61.7 Å². The molecule has 0 spiro atoms. The Hall–Kier alpha value is -1.55. The summed E-state index contributed by atoms with van der Waals surface area (Å²) in [6, 6.07) is 20.9. The van der Waals surface area contributed by atoms with Crippen molar-refractivity contribution in [3.05, 3.63) is 65.7 Å². The number of piperazine rings is 1. The molecule has 4 rings (SSSR count). The molecular weight excluding hydrogens is 378 g/mol. The summed E-state index contributed by atoms with van der Waals surface area (Å²) in [5.41, 5.74) is 4.29. The van der Waals surface area contributed by atoms with Crippen molar-refractivity contribution in [1.29, 1.82) is 0 Å². The molecule has 2 heterocycles. The van der Waals surface area contributed by atoms with E-state index in [1.165, 1.54) is 81.9 Å². The van der Waals surface area contributed by atoms with Gasteiger partial charge in [0.2, 0.25) is 0 Å². The van der Waals surface area contributed by atoms with Crippen LogP contribution in [0.3, 0.4) is 0 Å². The molecule has 2 saturated heterocycles. The van der Waals surface area contributed by atoms with Crippen molar-refractivity contribution in [2.24, 2.45) is 0 Å². The van der Waals surface area contributed by atoms with Crippen LogP contribution in [0.25, 0.3) is 0 Å². The topological polar surface area (TPSA) is 9.72 Å². The fourth-order valence-corrected chi connectivity index (χ4v) is 4.73. The summed E-state index contributed by atoms with van der Waals surface area (Å²) in [5.74, 6) is 0. The van der Waals surface area contributed by atoms with Gasteiger partial charge in [-0.05, 0) is 62.0 Å². The number of halogens is 1. The third-order valence-electron chi connectivity index (χ3n) is 6.66. The molecule has 0 aliphatic carbocycles. The van der Waals surface area contributed by atoms with Gasteiger partial charge in [-0.3, -0.25) is 4.90 Å². The van der Waals surface area contributed by atoms with E-state index in [1.807, 2.05) is 0 Å². The highest BCUT2D eigenvalue weighted by Crippen LogP contribution is 2.22. The van der Waals surface area contributed by atoms with Gasteiger partial charge in [-0.1, -0.05) is 49.4 Å². The summed E-state index contributed by atoms with van der Waals surface area (Å²) < 4.78 is 0. The van der Waals surface area contributed by atoms with Gasteiger partial charge in [0.05, 0.1) is 0 Å². The maximum atomic E-state index is 2.76. The van der Waals surface area contributed by atoms with Crippen molar-refractivity contribution in [3.8, 4) is 0 Å². The lowest BCUT2D eigenvalue weighted by Crippen LogP contribution is -2.53. The first kappa shape index (κ1) is 22.1. The van der Waals surface area contributed by atoms with Gasteiger partial charge in [-0.25, -0.2) is 0 Å². The fraction of sp³-hybridized carbons (Fsp3) is 0.520. The Bertz CT molecular complexity index is 703. The van der Waals surface area contributed by atoms with Crippen molar-refractivity contribution < 1.29 is 0 Å². The molecule has 2 fully saturated rings. The molecular formula is C25H36ClN3. The van der Waals surface area contributed by atoms with Crippen LogP contribution in [0.4, 0.5) is 5.69 Å². The van der Waals surface area contributed by atoms with Crippen molar-refractivity contribution in [2.75, 3.05) is 50.7 Å². The lowest BCUT2D eigenvalue weighted by Gasteiger charge is -2.43. The SMILES string of the molecule is CCc1ccc(N2CCN(C3CCN(CCc4ccccc4)CC3)CC2)cc1.Cl. The van der Waals surface area contributed by atoms with Crippen molar-refractivity contribution in [3.63, 3.8) is 0 Å². The lowest BCUT2D eigenvalue weighted by molar-refractivity contribution is 0.104. The Balaban J connectivity index is 0.00000240. The second-order valence-electron chi connectivity index (χ2n) is 8.35. The molecule has 0 aromatic heterocycles. The van der Waals surface area contributed by atoms with Crippen molar-refractivity contribution in [2.45, 2.75) is 38.6 Å². The minimum absolute atomic E-state index is 0. The van der Waals surface area contributed by atoms with E-state index in [1.54, 1.807) is 0 Å². The highest BCUT2D eigenvalue weighted by Gasteiger charge is 2.27. The van der Waals surface area contributed by atoms with E-state index >= 15 is 0 Å². The number of nitrogens with zero attached hydrogens (tertiary/aromatic N) is 3. The average Bonchev–Trinajstić information content (AvgIpc) is 2.79. The number of hydrogen-bond acceptors (Lipinski definition) is 3. The maximum Gasteiger partial charge on any atom is 0.0367 e. The summed E-state index contributed by atoms with van der Waals surface area (Å²) in [7, 11) is 0. The maximum absolute atomic E-state index is 2.76. The Morgan fingerprint density at radius 3 is 2.03 bits per heavy atom. The molecule has 0 saturated carbocycles. The number of rotatable bonds is 6. The second-order valence-corrected chi connectivity index (χ2v) is 8.35. The van der Waals surface area contributed by atoms with Gasteiger partial charge in [0, 0.05) is 44.5 Å². The van der Waals surface area contributed by atoms with E-state index in [9.17, 15) is 0 Å². The average molecular weight is 414 g/mol. The monoisotopic (exact) mass is 413 g/mol. The Labute approximate surface area is 183 Å². The summed E-state index contributed by atoms with van der Waals surface area (Å²) in [6.45, 7) is 10.7. The van der Waals surface area contributed by atoms with Crippen LogP contribution >= 0.6 is 12.4 Å². The number of likely N-dealkylation sites (tertiary alicyclic amines) is 1. The number of aryl methyl sites for hydroxylation is 1. The molecule has 0 amide bonds.